The molecule has 3 nitrogen and oxygen atoms in total. The molecule has 0 unspecified atom stereocenters. The number of thiophene rings is 1. The molecule has 3 rings (SSSR count). The van der Waals surface area contributed by atoms with Crippen molar-refractivity contribution in [2.75, 3.05) is 11.9 Å². The smallest absolute Gasteiger partial charge is 0.223 e. The Labute approximate surface area is 109 Å². The van der Waals surface area contributed by atoms with Crippen molar-refractivity contribution < 1.29 is 0 Å². The van der Waals surface area contributed by atoms with E-state index in [1.807, 2.05) is 29.3 Å². The second kappa shape index (κ2) is 4.31. The van der Waals surface area contributed by atoms with Crippen LogP contribution >= 0.6 is 23.1 Å². The van der Waals surface area contributed by atoms with Crippen molar-refractivity contribution in [2.24, 2.45) is 0 Å². The van der Waals surface area contributed by atoms with Gasteiger partial charge >= 0.3 is 0 Å². The number of nitrogens with zero attached hydrogens (tertiary/aromatic N) is 2. The highest BCUT2D eigenvalue weighted by molar-refractivity contribution is 7.98. The molecule has 0 spiro atoms. The van der Waals surface area contributed by atoms with Gasteiger partial charge in [-0.2, -0.15) is 0 Å². The molecule has 0 saturated carbocycles. The van der Waals surface area contributed by atoms with Gasteiger partial charge in [-0.1, -0.05) is 0 Å². The van der Waals surface area contributed by atoms with Gasteiger partial charge in [-0.3, -0.25) is 0 Å². The number of thioether (sulfide) groups is 1. The van der Waals surface area contributed by atoms with E-state index in [-0.39, 0.29) is 0 Å². The van der Waals surface area contributed by atoms with Crippen molar-refractivity contribution in [3.8, 4) is 11.3 Å². The molecule has 5 heteroatoms. The Hall–Kier alpha value is -1.07. The highest BCUT2D eigenvalue weighted by Gasteiger charge is 2.21. The van der Waals surface area contributed by atoms with Crippen LogP contribution in [0.5, 0.6) is 0 Å². The van der Waals surface area contributed by atoms with Gasteiger partial charge in [0.1, 0.15) is 0 Å². The maximum absolute atomic E-state index is 4.62. The molecule has 0 saturated heterocycles. The van der Waals surface area contributed by atoms with Gasteiger partial charge in [-0.15, -0.1) is 23.1 Å². The third-order valence-electron chi connectivity index (χ3n) is 2.64. The van der Waals surface area contributed by atoms with E-state index >= 15 is 0 Å². The Morgan fingerprint density at radius 1 is 1.47 bits per heavy atom. The van der Waals surface area contributed by atoms with Crippen LogP contribution in [-0.2, 0) is 5.75 Å². The summed E-state index contributed by atoms with van der Waals surface area (Å²) >= 11 is 3.70. The van der Waals surface area contributed by atoms with Gasteiger partial charge in [-0.05, 0) is 19.9 Å². The second-order valence-corrected chi connectivity index (χ2v) is 6.28. The van der Waals surface area contributed by atoms with E-state index in [1.54, 1.807) is 0 Å². The fourth-order valence-electron chi connectivity index (χ4n) is 1.93. The molecule has 0 amide bonds. The summed E-state index contributed by atoms with van der Waals surface area (Å²) in [7, 11) is 0. The summed E-state index contributed by atoms with van der Waals surface area (Å²) in [6.45, 7) is 5.05. The summed E-state index contributed by atoms with van der Waals surface area (Å²) in [4.78, 5) is 12.9. The van der Waals surface area contributed by atoms with Crippen LogP contribution in [0.1, 0.15) is 16.7 Å². The molecular formula is C12H13N3S2. The molecular weight excluding hydrogens is 250 g/mol. The largest absolute Gasteiger partial charge is 0.354 e. The van der Waals surface area contributed by atoms with Crippen molar-refractivity contribution in [3.05, 3.63) is 22.0 Å². The lowest BCUT2D eigenvalue weighted by molar-refractivity contribution is 1.05. The van der Waals surface area contributed by atoms with Gasteiger partial charge in [0.15, 0.2) is 0 Å². The number of rotatable bonds is 2. The van der Waals surface area contributed by atoms with E-state index in [4.69, 9.17) is 0 Å². The Morgan fingerprint density at radius 2 is 2.35 bits per heavy atom. The molecule has 88 valence electrons. The fraction of sp³-hybridized carbons (Fsp3) is 0.333. The summed E-state index contributed by atoms with van der Waals surface area (Å²) in [5.41, 5.74) is 2.38. The normalized spacial score (nSPS) is 13.1. The first-order chi connectivity index (χ1) is 8.28. The summed E-state index contributed by atoms with van der Waals surface area (Å²) in [6.07, 6.45) is 1.93. The van der Waals surface area contributed by atoms with Crippen LogP contribution in [0.2, 0.25) is 0 Å². The summed E-state index contributed by atoms with van der Waals surface area (Å²) < 4.78 is 0. The molecule has 17 heavy (non-hydrogen) atoms. The molecule has 0 radical (unpaired) electrons. The molecule has 0 aromatic carbocycles. The molecule has 1 N–H and O–H groups in total. The Kier molecular flexibility index (Phi) is 2.80. The number of nitrogens with one attached hydrogen (secondary N) is 1. The number of hydrogen-bond donors (Lipinski definition) is 1. The van der Waals surface area contributed by atoms with Gasteiger partial charge in [0.2, 0.25) is 5.95 Å². The summed E-state index contributed by atoms with van der Waals surface area (Å²) in [5, 5.41) is 3.17. The lowest BCUT2D eigenvalue weighted by atomic mass is 10.1. The molecule has 2 aromatic rings. The molecule has 1 aliphatic rings. The average molecular weight is 263 g/mol. The van der Waals surface area contributed by atoms with Crippen LogP contribution < -0.4 is 5.32 Å². The zero-order valence-corrected chi connectivity index (χ0v) is 11.4. The summed E-state index contributed by atoms with van der Waals surface area (Å²) in [5.74, 6) is 1.77. The van der Waals surface area contributed by atoms with Crippen LogP contribution in [-0.4, -0.2) is 16.5 Å². The molecule has 0 fully saturated rings. The lowest BCUT2D eigenvalue weighted by Gasteiger charge is -2.15. The van der Waals surface area contributed by atoms with E-state index in [2.05, 4.69) is 35.2 Å². The predicted molar refractivity (Wildman–Crippen MR) is 73.8 cm³/mol. The van der Waals surface area contributed by atoms with E-state index < -0.39 is 0 Å². The first-order valence-corrected chi connectivity index (χ1v) is 7.41. The molecule has 0 bridgehead atoms. The van der Waals surface area contributed by atoms with Gasteiger partial charge in [-0.25, -0.2) is 9.97 Å². The van der Waals surface area contributed by atoms with Gasteiger partial charge < -0.3 is 5.32 Å². The van der Waals surface area contributed by atoms with Crippen molar-refractivity contribution in [2.45, 2.75) is 24.5 Å². The van der Waals surface area contributed by atoms with Crippen molar-refractivity contribution in [3.63, 3.8) is 0 Å². The minimum atomic E-state index is 0.726. The Morgan fingerprint density at radius 3 is 3.18 bits per heavy atom. The van der Waals surface area contributed by atoms with Gasteiger partial charge in [0.25, 0.3) is 0 Å². The SMILES string of the molecule is CCNc1ncc2c(n1)-c1cc(C)sc1CS2. The van der Waals surface area contributed by atoms with Crippen LogP contribution in [0.4, 0.5) is 5.95 Å². The quantitative estimate of drug-likeness (QED) is 0.899. The van der Waals surface area contributed by atoms with Crippen LogP contribution in [0.3, 0.4) is 0 Å². The standard InChI is InChI=1S/C12H13N3S2/c1-3-13-12-14-5-9-11(15-12)8-4-7(2)17-10(8)6-16-9/h4-5H,3,6H2,1-2H3,(H,13,14,15). The molecule has 0 atom stereocenters. The molecule has 2 aromatic heterocycles. The first-order valence-electron chi connectivity index (χ1n) is 5.61. The number of aryl methyl sites for hydroxylation is 1. The van der Waals surface area contributed by atoms with Crippen molar-refractivity contribution >= 4 is 29.0 Å². The zero-order valence-electron chi connectivity index (χ0n) is 9.78. The highest BCUT2D eigenvalue weighted by Crippen LogP contribution is 2.43. The third kappa shape index (κ3) is 1.93. The van der Waals surface area contributed by atoms with Gasteiger partial charge in [0.05, 0.1) is 10.6 Å². The minimum absolute atomic E-state index is 0.726. The maximum Gasteiger partial charge on any atom is 0.223 e. The highest BCUT2D eigenvalue weighted by atomic mass is 32.2. The first kappa shape index (κ1) is 11.0. The van der Waals surface area contributed by atoms with Gasteiger partial charge in [0, 0.05) is 33.8 Å². The molecule has 0 aliphatic carbocycles. The third-order valence-corrected chi connectivity index (χ3v) is 4.91. The Bertz CT molecular complexity index is 563. The predicted octanol–water partition coefficient (Wildman–Crippen LogP) is 3.55. The fourth-order valence-corrected chi connectivity index (χ4v) is 4.03. The van der Waals surface area contributed by atoms with Crippen molar-refractivity contribution in [1.82, 2.24) is 9.97 Å². The molecule has 3 heterocycles. The second-order valence-electron chi connectivity index (χ2n) is 3.92. The lowest BCUT2D eigenvalue weighted by Crippen LogP contribution is -2.04. The summed E-state index contributed by atoms with van der Waals surface area (Å²) in [6, 6.07) is 2.24. The van der Waals surface area contributed by atoms with E-state index in [0.717, 1.165) is 23.9 Å². The van der Waals surface area contributed by atoms with Crippen LogP contribution in [0, 0.1) is 6.92 Å². The van der Waals surface area contributed by atoms with Crippen LogP contribution in [0.15, 0.2) is 17.2 Å². The van der Waals surface area contributed by atoms with Crippen LogP contribution in [0.25, 0.3) is 11.3 Å². The number of fused-ring (bicyclic) bond motifs is 3. The monoisotopic (exact) mass is 263 g/mol. The zero-order chi connectivity index (χ0) is 11.8. The van der Waals surface area contributed by atoms with Crippen molar-refractivity contribution in [1.29, 1.82) is 0 Å². The Balaban J connectivity index is 2.12. The maximum atomic E-state index is 4.62. The minimum Gasteiger partial charge on any atom is -0.354 e. The van der Waals surface area contributed by atoms with E-state index in [0.29, 0.717) is 0 Å². The van der Waals surface area contributed by atoms with E-state index in [9.17, 15) is 0 Å². The van der Waals surface area contributed by atoms with E-state index in [1.165, 1.54) is 20.2 Å². The number of aromatic nitrogens is 2. The average Bonchev–Trinajstić information content (AvgIpc) is 2.70. The topological polar surface area (TPSA) is 37.8 Å². The number of hydrogen-bond acceptors (Lipinski definition) is 5. The molecule has 1 aliphatic heterocycles. The number of anilines is 1.